The molecule has 0 fully saturated rings. The van der Waals surface area contributed by atoms with Gasteiger partial charge < -0.3 is 9.84 Å². The van der Waals surface area contributed by atoms with E-state index in [4.69, 9.17) is 4.74 Å². The average molecular weight is 339 g/mol. The molecule has 0 aliphatic heterocycles. The van der Waals surface area contributed by atoms with Gasteiger partial charge >= 0.3 is 0 Å². The Hall–Kier alpha value is -1.23. The smallest absolute Gasteiger partial charge is 0.124 e. The normalized spacial score (nSPS) is 12.4. The molecule has 2 rings (SSSR count). The molecule has 2 aromatic rings. The number of aliphatic hydroxyl groups is 1. The van der Waals surface area contributed by atoms with E-state index >= 15 is 0 Å². The molecule has 1 atom stereocenters. The molecule has 0 aromatic heterocycles. The van der Waals surface area contributed by atoms with Gasteiger partial charge in [-0.25, -0.2) is 4.39 Å². The van der Waals surface area contributed by atoms with Crippen LogP contribution >= 0.6 is 15.9 Å². The lowest BCUT2D eigenvalue weighted by Crippen LogP contribution is -2.06. The molecule has 0 spiro atoms. The van der Waals surface area contributed by atoms with Gasteiger partial charge in [0.1, 0.15) is 5.82 Å². The molecule has 0 heterocycles. The average Bonchev–Trinajstić information content (AvgIpc) is 2.43. The zero-order chi connectivity index (χ0) is 14.5. The van der Waals surface area contributed by atoms with Crippen molar-refractivity contribution in [2.24, 2.45) is 0 Å². The first kappa shape index (κ1) is 15.2. The Labute approximate surface area is 126 Å². The van der Waals surface area contributed by atoms with Crippen LogP contribution in [0.25, 0.3) is 0 Å². The molecule has 1 unspecified atom stereocenters. The Balaban J connectivity index is 2.21. The Kier molecular flexibility index (Phi) is 5.29. The standard InChI is InChI=1S/C16H16BrFO2/c1-20-10-12-4-2-3-5-14(12)16(19)8-11-6-7-13(18)9-15(11)17/h2-7,9,16,19H,8,10H2,1H3. The number of halogens is 2. The van der Waals surface area contributed by atoms with Crippen molar-refractivity contribution in [2.45, 2.75) is 19.1 Å². The van der Waals surface area contributed by atoms with Crippen molar-refractivity contribution in [3.63, 3.8) is 0 Å². The fourth-order valence-corrected chi connectivity index (χ4v) is 2.66. The Bertz CT molecular complexity index is 586. The third kappa shape index (κ3) is 3.66. The van der Waals surface area contributed by atoms with Crippen molar-refractivity contribution in [3.05, 3.63) is 69.4 Å². The molecule has 1 N–H and O–H groups in total. The lowest BCUT2D eigenvalue weighted by atomic mass is 9.97. The monoisotopic (exact) mass is 338 g/mol. The topological polar surface area (TPSA) is 29.5 Å². The van der Waals surface area contributed by atoms with Crippen molar-refractivity contribution in [1.82, 2.24) is 0 Å². The van der Waals surface area contributed by atoms with Gasteiger partial charge in [0.15, 0.2) is 0 Å². The van der Waals surface area contributed by atoms with Gasteiger partial charge in [-0.05, 0) is 28.8 Å². The molecule has 0 saturated heterocycles. The van der Waals surface area contributed by atoms with E-state index < -0.39 is 6.10 Å². The fraction of sp³-hybridized carbons (Fsp3) is 0.250. The van der Waals surface area contributed by atoms with Crippen LogP contribution < -0.4 is 0 Å². The molecule has 4 heteroatoms. The van der Waals surface area contributed by atoms with E-state index in [9.17, 15) is 9.50 Å². The highest BCUT2D eigenvalue weighted by molar-refractivity contribution is 9.10. The summed E-state index contributed by atoms with van der Waals surface area (Å²) in [6.45, 7) is 0.456. The zero-order valence-corrected chi connectivity index (χ0v) is 12.7. The molecular weight excluding hydrogens is 323 g/mol. The summed E-state index contributed by atoms with van der Waals surface area (Å²) in [6.07, 6.45) is -0.232. The molecule has 0 saturated carbocycles. The van der Waals surface area contributed by atoms with Crippen LogP contribution in [0.15, 0.2) is 46.9 Å². The lowest BCUT2D eigenvalue weighted by molar-refractivity contribution is 0.161. The van der Waals surface area contributed by atoms with Gasteiger partial charge in [0, 0.05) is 18.0 Å². The second kappa shape index (κ2) is 6.97. The maximum atomic E-state index is 13.1. The molecule has 0 aliphatic rings. The van der Waals surface area contributed by atoms with Crippen LogP contribution in [0.2, 0.25) is 0 Å². The summed E-state index contributed by atoms with van der Waals surface area (Å²) in [5.41, 5.74) is 2.66. The van der Waals surface area contributed by atoms with E-state index in [2.05, 4.69) is 15.9 Å². The van der Waals surface area contributed by atoms with Crippen molar-refractivity contribution < 1.29 is 14.2 Å². The van der Waals surface area contributed by atoms with E-state index in [0.29, 0.717) is 17.5 Å². The van der Waals surface area contributed by atoms with Crippen LogP contribution in [0.1, 0.15) is 22.8 Å². The summed E-state index contributed by atoms with van der Waals surface area (Å²) in [4.78, 5) is 0. The molecule has 0 aliphatic carbocycles. The zero-order valence-electron chi connectivity index (χ0n) is 11.1. The molecule has 0 bridgehead atoms. The first-order valence-electron chi connectivity index (χ1n) is 6.30. The molecule has 106 valence electrons. The molecule has 0 radical (unpaired) electrons. The number of hydrogen-bond acceptors (Lipinski definition) is 2. The van der Waals surface area contributed by atoms with Gasteiger partial charge in [0.05, 0.1) is 12.7 Å². The van der Waals surface area contributed by atoms with E-state index in [-0.39, 0.29) is 5.82 Å². The number of ether oxygens (including phenoxy) is 1. The third-order valence-corrected chi connectivity index (χ3v) is 3.88. The summed E-state index contributed by atoms with van der Waals surface area (Å²) < 4.78 is 18.9. The molecule has 2 aromatic carbocycles. The SMILES string of the molecule is COCc1ccccc1C(O)Cc1ccc(F)cc1Br. The van der Waals surface area contributed by atoms with Crippen LogP contribution in [0.4, 0.5) is 4.39 Å². The predicted molar refractivity (Wildman–Crippen MR) is 79.9 cm³/mol. The second-order valence-electron chi connectivity index (χ2n) is 4.59. The first-order valence-corrected chi connectivity index (χ1v) is 7.10. The predicted octanol–water partition coefficient (Wildman–Crippen LogP) is 4.01. The summed E-state index contributed by atoms with van der Waals surface area (Å²) in [5, 5.41) is 10.4. The summed E-state index contributed by atoms with van der Waals surface area (Å²) in [6, 6.07) is 12.1. The largest absolute Gasteiger partial charge is 0.388 e. The van der Waals surface area contributed by atoms with E-state index in [1.807, 2.05) is 24.3 Å². The summed E-state index contributed by atoms with van der Waals surface area (Å²) in [5.74, 6) is -0.296. The van der Waals surface area contributed by atoms with Crippen LogP contribution in [-0.2, 0) is 17.8 Å². The van der Waals surface area contributed by atoms with Crippen LogP contribution in [0.5, 0.6) is 0 Å². The maximum Gasteiger partial charge on any atom is 0.124 e. The van der Waals surface area contributed by atoms with Gasteiger partial charge in [0.2, 0.25) is 0 Å². The molecule has 0 amide bonds. The van der Waals surface area contributed by atoms with Crippen LogP contribution in [0.3, 0.4) is 0 Å². The Morgan fingerprint density at radius 3 is 2.65 bits per heavy atom. The highest BCUT2D eigenvalue weighted by Gasteiger charge is 2.14. The van der Waals surface area contributed by atoms with Gasteiger partial charge in [0.25, 0.3) is 0 Å². The number of hydrogen-bond donors (Lipinski definition) is 1. The van der Waals surface area contributed by atoms with Gasteiger partial charge in [-0.1, -0.05) is 46.3 Å². The highest BCUT2D eigenvalue weighted by Crippen LogP contribution is 2.26. The molecule has 20 heavy (non-hydrogen) atoms. The summed E-state index contributed by atoms with van der Waals surface area (Å²) >= 11 is 3.32. The van der Waals surface area contributed by atoms with E-state index in [0.717, 1.165) is 16.7 Å². The number of aliphatic hydroxyl groups excluding tert-OH is 1. The Morgan fingerprint density at radius 1 is 1.20 bits per heavy atom. The number of benzene rings is 2. The maximum absolute atomic E-state index is 13.1. The minimum atomic E-state index is -0.650. The number of methoxy groups -OCH3 is 1. The Morgan fingerprint density at radius 2 is 1.95 bits per heavy atom. The minimum Gasteiger partial charge on any atom is -0.388 e. The van der Waals surface area contributed by atoms with E-state index in [1.165, 1.54) is 12.1 Å². The second-order valence-corrected chi connectivity index (χ2v) is 5.44. The fourth-order valence-electron chi connectivity index (χ4n) is 2.15. The number of rotatable bonds is 5. The van der Waals surface area contributed by atoms with Crippen molar-refractivity contribution in [1.29, 1.82) is 0 Å². The van der Waals surface area contributed by atoms with Gasteiger partial charge in [-0.15, -0.1) is 0 Å². The lowest BCUT2D eigenvalue weighted by Gasteiger charge is -2.16. The molecular formula is C16H16BrFO2. The third-order valence-electron chi connectivity index (χ3n) is 3.14. The van der Waals surface area contributed by atoms with Crippen molar-refractivity contribution >= 4 is 15.9 Å². The highest BCUT2D eigenvalue weighted by atomic mass is 79.9. The first-order chi connectivity index (χ1) is 9.61. The van der Waals surface area contributed by atoms with Gasteiger partial charge in [-0.3, -0.25) is 0 Å². The minimum absolute atomic E-state index is 0.296. The van der Waals surface area contributed by atoms with Crippen molar-refractivity contribution in [3.8, 4) is 0 Å². The van der Waals surface area contributed by atoms with Crippen LogP contribution in [0, 0.1) is 5.82 Å². The quantitative estimate of drug-likeness (QED) is 0.892. The molecule has 2 nitrogen and oxygen atoms in total. The summed E-state index contributed by atoms with van der Waals surface area (Å²) in [7, 11) is 1.62. The van der Waals surface area contributed by atoms with Crippen LogP contribution in [-0.4, -0.2) is 12.2 Å². The van der Waals surface area contributed by atoms with E-state index in [1.54, 1.807) is 13.2 Å². The van der Waals surface area contributed by atoms with Crippen molar-refractivity contribution in [2.75, 3.05) is 7.11 Å². The van der Waals surface area contributed by atoms with Gasteiger partial charge in [-0.2, -0.15) is 0 Å².